The zero-order valence-corrected chi connectivity index (χ0v) is 22.1. The molecular formula is C30H32F2N6O. The number of piperazine rings is 1. The van der Waals surface area contributed by atoms with E-state index < -0.39 is 11.6 Å². The van der Waals surface area contributed by atoms with E-state index in [0.717, 1.165) is 43.4 Å². The summed E-state index contributed by atoms with van der Waals surface area (Å²) in [7, 11) is 0. The number of benzene rings is 2. The number of hydrogen-bond donors (Lipinski definition) is 2. The van der Waals surface area contributed by atoms with Gasteiger partial charge in [-0.2, -0.15) is 5.10 Å². The van der Waals surface area contributed by atoms with Crippen molar-refractivity contribution in [3.05, 3.63) is 89.8 Å². The molecule has 2 saturated heterocycles. The second-order valence-electron chi connectivity index (χ2n) is 10.7. The van der Waals surface area contributed by atoms with Crippen LogP contribution in [0.4, 0.5) is 25.8 Å². The summed E-state index contributed by atoms with van der Waals surface area (Å²) in [6, 6.07) is 15.9. The van der Waals surface area contributed by atoms with Crippen LogP contribution in [-0.2, 0) is 0 Å². The number of pyridine rings is 1. The molecule has 2 aromatic heterocycles. The minimum Gasteiger partial charge on any atom is -0.368 e. The number of carbonyl (C=O) groups is 1. The SMILES string of the molecule is CC1CN(c2ccc(NC(=O)c3cnn4ccc(N5CCCC5c5cc(F)ccc5F)cc34)cc2)CC(C)N1. The van der Waals surface area contributed by atoms with E-state index in [1.165, 1.54) is 12.1 Å². The maximum absolute atomic E-state index is 14.6. The summed E-state index contributed by atoms with van der Waals surface area (Å²) in [5, 5.41) is 10.9. The molecule has 2 aliphatic heterocycles. The maximum atomic E-state index is 14.6. The fraction of sp³-hybridized carbons (Fsp3) is 0.333. The standard InChI is InChI=1S/C30H32F2N6O/c1-19-17-36(18-20(2)34-19)23-8-6-22(7-9-23)35-30(39)26-16-33-38-13-11-24(15-29(26)38)37-12-3-4-28(37)25-14-21(31)5-10-27(25)32/h5-11,13-16,19-20,28,34H,3-4,12,17-18H2,1-2H3,(H,35,39). The van der Waals surface area contributed by atoms with Crippen LogP contribution in [0.2, 0.25) is 0 Å². The number of amides is 1. The molecule has 202 valence electrons. The Morgan fingerprint density at radius 1 is 1.00 bits per heavy atom. The summed E-state index contributed by atoms with van der Waals surface area (Å²) in [5.41, 5.74) is 4.12. The first-order chi connectivity index (χ1) is 18.9. The Labute approximate surface area is 226 Å². The minimum atomic E-state index is -0.450. The van der Waals surface area contributed by atoms with Crippen LogP contribution in [0.15, 0.2) is 67.0 Å². The Hall–Kier alpha value is -3.98. The van der Waals surface area contributed by atoms with Crippen molar-refractivity contribution in [1.29, 1.82) is 0 Å². The first kappa shape index (κ1) is 25.3. The average Bonchev–Trinajstić information content (AvgIpc) is 3.57. The van der Waals surface area contributed by atoms with Gasteiger partial charge in [0.05, 0.1) is 23.3 Å². The molecule has 2 fully saturated rings. The normalized spacial score (nSPS) is 21.5. The van der Waals surface area contributed by atoms with Crippen molar-refractivity contribution >= 4 is 28.5 Å². The summed E-state index contributed by atoms with van der Waals surface area (Å²) in [6.07, 6.45) is 4.93. The van der Waals surface area contributed by atoms with Gasteiger partial charge in [0, 0.05) is 60.5 Å². The molecule has 4 aromatic rings. The molecule has 0 bridgehead atoms. The fourth-order valence-electron chi connectivity index (χ4n) is 5.98. The molecule has 3 atom stereocenters. The van der Waals surface area contributed by atoms with Crippen molar-refractivity contribution in [2.75, 3.05) is 34.8 Å². The van der Waals surface area contributed by atoms with Crippen LogP contribution in [0, 0.1) is 11.6 Å². The van der Waals surface area contributed by atoms with Crippen molar-refractivity contribution in [3.8, 4) is 0 Å². The average molecular weight is 531 g/mol. The van der Waals surface area contributed by atoms with Crippen LogP contribution >= 0.6 is 0 Å². The van der Waals surface area contributed by atoms with Crippen LogP contribution in [0.1, 0.15) is 48.7 Å². The van der Waals surface area contributed by atoms with E-state index in [0.29, 0.717) is 41.0 Å². The summed E-state index contributed by atoms with van der Waals surface area (Å²) < 4.78 is 30.2. The maximum Gasteiger partial charge on any atom is 0.259 e. The minimum absolute atomic E-state index is 0.256. The van der Waals surface area contributed by atoms with E-state index in [4.69, 9.17) is 0 Å². The van der Waals surface area contributed by atoms with Crippen LogP contribution in [0.3, 0.4) is 0 Å². The van der Waals surface area contributed by atoms with Gasteiger partial charge in [-0.3, -0.25) is 4.79 Å². The molecule has 0 aliphatic carbocycles. The molecule has 7 nitrogen and oxygen atoms in total. The molecule has 6 rings (SSSR count). The van der Waals surface area contributed by atoms with Gasteiger partial charge in [0.15, 0.2) is 0 Å². The van der Waals surface area contributed by atoms with Gasteiger partial charge in [-0.05, 0) is 81.3 Å². The highest BCUT2D eigenvalue weighted by Crippen LogP contribution is 2.38. The zero-order valence-electron chi connectivity index (χ0n) is 22.1. The van der Waals surface area contributed by atoms with Crippen LogP contribution in [0.5, 0.6) is 0 Å². The van der Waals surface area contributed by atoms with E-state index in [9.17, 15) is 13.6 Å². The molecule has 4 heterocycles. The lowest BCUT2D eigenvalue weighted by Gasteiger charge is -2.37. The van der Waals surface area contributed by atoms with Crippen molar-refractivity contribution in [3.63, 3.8) is 0 Å². The molecule has 2 aliphatic rings. The first-order valence-corrected chi connectivity index (χ1v) is 13.5. The third kappa shape index (κ3) is 5.06. The van der Waals surface area contributed by atoms with Gasteiger partial charge < -0.3 is 20.4 Å². The predicted octanol–water partition coefficient (Wildman–Crippen LogP) is 5.39. The molecule has 39 heavy (non-hydrogen) atoms. The second-order valence-corrected chi connectivity index (χ2v) is 10.7. The van der Waals surface area contributed by atoms with E-state index in [1.807, 2.05) is 36.4 Å². The Morgan fingerprint density at radius 2 is 1.77 bits per heavy atom. The lowest BCUT2D eigenvalue weighted by atomic mass is 10.0. The van der Waals surface area contributed by atoms with E-state index in [1.54, 1.807) is 16.9 Å². The predicted molar refractivity (Wildman–Crippen MR) is 150 cm³/mol. The molecule has 3 unspecified atom stereocenters. The fourth-order valence-corrected chi connectivity index (χ4v) is 5.98. The number of nitrogens with zero attached hydrogens (tertiary/aromatic N) is 4. The largest absolute Gasteiger partial charge is 0.368 e. The monoisotopic (exact) mass is 530 g/mol. The van der Waals surface area contributed by atoms with E-state index >= 15 is 0 Å². The van der Waals surface area contributed by atoms with Crippen molar-refractivity contribution in [2.45, 2.75) is 44.8 Å². The number of nitrogens with one attached hydrogen (secondary N) is 2. The molecule has 9 heteroatoms. The summed E-state index contributed by atoms with van der Waals surface area (Å²) >= 11 is 0. The van der Waals surface area contributed by atoms with Gasteiger partial charge in [-0.15, -0.1) is 0 Å². The van der Waals surface area contributed by atoms with Gasteiger partial charge in [-0.1, -0.05) is 0 Å². The number of fused-ring (bicyclic) bond motifs is 1. The van der Waals surface area contributed by atoms with Crippen molar-refractivity contribution in [1.82, 2.24) is 14.9 Å². The number of halogens is 2. The Morgan fingerprint density at radius 3 is 2.54 bits per heavy atom. The van der Waals surface area contributed by atoms with Gasteiger partial charge in [-0.25, -0.2) is 13.3 Å². The molecule has 0 radical (unpaired) electrons. The number of aromatic nitrogens is 2. The smallest absolute Gasteiger partial charge is 0.259 e. The van der Waals surface area contributed by atoms with Gasteiger partial charge in [0.1, 0.15) is 11.6 Å². The molecule has 2 N–H and O–H groups in total. The van der Waals surface area contributed by atoms with Crippen molar-refractivity contribution < 1.29 is 13.6 Å². The Bertz CT molecular complexity index is 1490. The quantitative estimate of drug-likeness (QED) is 0.362. The first-order valence-electron chi connectivity index (χ1n) is 13.5. The van der Waals surface area contributed by atoms with Gasteiger partial charge in [0.25, 0.3) is 5.91 Å². The van der Waals surface area contributed by atoms with Gasteiger partial charge >= 0.3 is 0 Å². The van der Waals surface area contributed by atoms with Crippen molar-refractivity contribution in [2.24, 2.45) is 0 Å². The van der Waals surface area contributed by atoms with E-state index in [2.05, 4.69) is 39.4 Å². The Balaban J connectivity index is 1.22. The lowest BCUT2D eigenvalue weighted by molar-refractivity contribution is 0.102. The highest BCUT2D eigenvalue weighted by molar-refractivity contribution is 6.09. The molecule has 0 saturated carbocycles. The number of hydrogen-bond acceptors (Lipinski definition) is 5. The third-order valence-corrected chi connectivity index (χ3v) is 7.70. The van der Waals surface area contributed by atoms with E-state index in [-0.39, 0.29) is 11.9 Å². The highest BCUT2D eigenvalue weighted by Gasteiger charge is 2.29. The Kier molecular flexibility index (Phi) is 6.68. The topological polar surface area (TPSA) is 64.9 Å². The molecule has 1 amide bonds. The highest BCUT2D eigenvalue weighted by atomic mass is 19.1. The third-order valence-electron chi connectivity index (χ3n) is 7.70. The summed E-state index contributed by atoms with van der Waals surface area (Å²) in [5.74, 6) is -1.12. The van der Waals surface area contributed by atoms with Gasteiger partial charge in [0.2, 0.25) is 0 Å². The number of rotatable bonds is 5. The number of carbonyl (C=O) groups excluding carboxylic acids is 1. The molecule has 2 aromatic carbocycles. The number of anilines is 3. The van der Waals surface area contributed by atoms with Crippen LogP contribution in [-0.4, -0.2) is 47.2 Å². The summed E-state index contributed by atoms with van der Waals surface area (Å²) in [4.78, 5) is 17.7. The molecule has 0 spiro atoms. The lowest BCUT2D eigenvalue weighted by Crippen LogP contribution is -2.54. The zero-order chi connectivity index (χ0) is 27.1. The van der Waals surface area contributed by atoms with Crippen LogP contribution < -0.4 is 20.4 Å². The molecular weight excluding hydrogens is 498 g/mol. The summed E-state index contributed by atoms with van der Waals surface area (Å²) in [6.45, 7) is 6.95. The van der Waals surface area contributed by atoms with Crippen LogP contribution in [0.25, 0.3) is 5.52 Å². The second kappa shape index (κ2) is 10.3.